The van der Waals surface area contributed by atoms with E-state index < -0.39 is 0 Å². The highest BCUT2D eigenvalue weighted by Gasteiger charge is 2.11. The minimum Gasteiger partial charge on any atom is -0.481 e. The molecule has 2 rings (SSSR count). The van der Waals surface area contributed by atoms with Gasteiger partial charge in [-0.25, -0.2) is 9.37 Å². The normalized spacial score (nSPS) is 10.2. The van der Waals surface area contributed by atoms with Gasteiger partial charge in [-0.2, -0.15) is 0 Å². The second-order valence-corrected chi connectivity index (χ2v) is 3.55. The molecule has 16 heavy (non-hydrogen) atoms. The molecule has 0 aliphatic heterocycles. The van der Waals surface area contributed by atoms with Gasteiger partial charge in [0, 0.05) is 17.3 Å². The molecular weight excluding hydrogens is 205 g/mol. The van der Waals surface area contributed by atoms with Crippen LogP contribution in [0.15, 0.2) is 36.5 Å². The summed E-state index contributed by atoms with van der Waals surface area (Å²) in [6.07, 6.45) is 1.70. The summed E-state index contributed by atoms with van der Waals surface area (Å²) in [5, 5.41) is 0. The van der Waals surface area contributed by atoms with E-state index in [1.807, 2.05) is 13.0 Å². The topological polar surface area (TPSA) is 22.1 Å². The van der Waals surface area contributed by atoms with E-state index in [4.69, 9.17) is 4.74 Å². The largest absolute Gasteiger partial charge is 0.481 e. The average molecular weight is 217 g/mol. The van der Waals surface area contributed by atoms with Gasteiger partial charge in [-0.15, -0.1) is 0 Å². The van der Waals surface area contributed by atoms with E-state index in [2.05, 4.69) is 4.98 Å². The van der Waals surface area contributed by atoms with Crippen LogP contribution >= 0.6 is 0 Å². The van der Waals surface area contributed by atoms with Crippen molar-refractivity contribution in [3.8, 4) is 17.0 Å². The number of pyridine rings is 1. The Morgan fingerprint density at radius 2 is 1.94 bits per heavy atom. The first-order chi connectivity index (χ1) is 7.72. The molecule has 1 heterocycles. The molecule has 3 heteroatoms. The van der Waals surface area contributed by atoms with E-state index in [0.29, 0.717) is 17.0 Å². The van der Waals surface area contributed by atoms with Gasteiger partial charge in [0.05, 0.1) is 7.11 Å². The molecule has 0 bridgehead atoms. The SMILES string of the molecule is COc1ncc(C)cc1-c1ccccc1F. The first-order valence-corrected chi connectivity index (χ1v) is 4.98. The Bertz CT molecular complexity index is 511. The Hall–Kier alpha value is -1.90. The van der Waals surface area contributed by atoms with Crippen LogP contribution in [0.25, 0.3) is 11.1 Å². The van der Waals surface area contributed by atoms with Crippen molar-refractivity contribution in [1.82, 2.24) is 4.98 Å². The van der Waals surface area contributed by atoms with E-state index in [1.54, 1.807) is 24.4 Å². The number of hydrogen-bond donors (Lipinski definition) is 0. The fourth-order valence-electron chi connectivity index (χ4n) is 1.59. The third kappa shape index (κ3) is 1.89. The first-order valence-electron chi connectivity index (χ1n) is 4.98. The molecule has 1 aromatic heterocycles. The molecule has 0 fully saturated rings. The summed E-state index contributed by atoms with van der Waals surface area (Å²) in [7, 11) is 1.53. The number of rotatable bonds is 2. The maximum atomic E-state index is 13.6. The Morgan fingerprint density at radius 1 is 1.19 bits per heavy atom. The van der Waals surface area contributed by atoms with E-state index in [-0.39, 0.29) is 5.82 Å². The summed E-state index contributed by atoms with van der Waals surface area (Å²) in [5.41, 5.74) is 2.16. The minimum atomic E-state index is -0.270. The van der Waals surface area contributed by atoms with E-state index in [0.717, 1.165) is 5.56 Å². The number of hydrogen-bond acceptors (Lipinski definition) is 2. The van der Waals surface area contributed by atoms with Crippen molar-refractivity contribution in [2.24, 2.45) is 0 Å². The molecule has 0 aliphatic rings. The van der Waals surface area contributed by atoms with Crippen molar-refractivity contribution in [2.75, 3.05) is 7.11 Å². The highest BCUT2D eigenvalue weighted by atomic mass is 19.1. The molecule has 2 nitrogen and oxygen atoms in total. The molecule has 0 atom stereocenters. The maximum absolute atomic E-state index is 13.6. The van der Waals surface area contributed by atoms with Crippen LogP contribution in [0, 0.1) is 12.7 Å². The van der Waals surface area contributed by atoms with Gasteiger partial charge in [-0.3, -0.25) is 0 Å². The number of nitrogens with zero attached hydrogens (tertiary/aromatic N) is 1. The minimum absolute atomic E-state index is 0.270. The summed E-state index contributed by atoms with van der Waals surface area (Å²) in [6, 6.07) is 8.46. The molecule has 0 saturated carbocycles. The van der Waals surface area contributed by atoms with Gasteiger partial charge < -0.3 is 4.74 Å². The number of ether oxygens (including phenoxy) is 1. The predicted molar refractivity (Wildman–Crippen MR) is 60.9 cm³/mol. The Morgan fingerprint density at radius 3 is 2.62 bits per heavy atom. The van der Waals surface area contributed by atoms with Gasteiger partial charge in [0.1, 0.15) is 5.82 Å². The van der Waals surface area contributed by atoms with Gasteiger partial charge in [0.15, 0.2) is 0 Å². The summed E-state index contributed by atoms with van der Waals surface area (Å²) in [4.78, 5) is 4.13. The predicted octanol–water partition coefficient (Wildman–Crippen LogP) is 3.20. The van der Waals surface area contributed by atoms with Crippen molar-refractivity contribution < 1.29 is 9.13 Å². The molecule has 0 saturated heterocycles. The fraction of sp³-hybridized carbons (Fsp3) is 0.154. The fourth-order valence-corrected chi connectivity index (χ4v) is 1.59. The number of aryl methyl sites for hydroxylation is 1. The van der Waals surface area contributed by atoms with Gasteiger partial charge in [-0.1, -0.05) is 18.2 Å². The standard InChI is InChI=1S/C13H12FNO/c1-9-7-11(13(16-2)15-8-9)10-5-3-4-6-12(10)14/h3-8H,1-2H3. The molecule has 0 spiro atoms. The molecule has 0 unspecified atom stereocenters. The zero-order chi connectivity index (χ0) is 11.5. The zero-order valence-corrected chi connectivity index (χ0v) is 9.20. The molecule has 0 radical (unpaired) electrons. The smallest absolute Gasteiger partial charge is 0.221 e. The summed E-state index contributed by atoms with van der Waals surface area (Å²) in [6.45, 7) is 1.91. The Kier molecular flexibility index (Phi) is 2.86. The summed E-state index contributed by atoms with van der Waals surface area (Å²) >= 11 is 0. The lowest BCUT2D eigenvalue weighted by Gasteiger charge is -2.08. The van der Waals surface area contributed by atoms with Crippen molar-refractivity contribution in [1.29, 1.82) is 0 Å². The van der Waals surface area contributed by atoms with Crippen molar-refractivity contribution >= 4 is 0 Å². The highest BCUT2D eigenvalue weighted by molar-refractivity contribution is 5.69. The quantitative estimate of drug-likeness (QED) is 0.770. The van der Waals surface area contributed by atoms with Crippen LogP contribution in [0.2, 0.25) is 0 Å². The molecule has 1 aromatic carbocycles. The monoisotopic (exact) mass is 217 g/mol. The van der Waals surface area contributed by atoms with Crippen LogP contribution in [0.1, 0.15) is 5.56 Å². The van der Waals surface area contributed by atoms with Gasteiger partial charge >= 0.3 is 0 Å². The third-order valence-corrected chi connectivity index (χ3v) is 2.35. The summed E-state index contributed by atoms with van der Waals surface area (Å²) in [5.74, 6) is 0.170. The molecule has 0 aliphatic carbocycles. The third-order valence-electron chi connectivity index (χ3n) is 2.35. The van der Waals surface area contributed by atoms with Crippen LogP contribution in [0.3, 0.4) is 0 Å². The van der Waals surface area contributed by atoms with Crippen LogP contribution in [-0.2, 0) is 0 Å². The first kappa shape index (κ1) is 10.6. The summed E-state index contributed by atoms with van der Waals surface area (Å²) < 4.78 is 18.8. The molecule has 0 amide bonds. The van der Waals surface area contributed by atoms with Crippen LogP contribution < -0.4 is 4.74 Å². The van der Waals surface area contributed by atoms with Crippen molar-refractivity contribution in [3.05, 3.63) is 47.9 Å². The van der Waals surface area contributed by atoms with Gasteiger partial charge in [-0.05, 0) is 24.6 Å². The molecule has 82 valence electrons. The van der Waals surface area contributed by atoms with E-state index >= 15 is 0 Å². The van der Waals surface area contributed by atoms with Crippen LogP contribution in [0.4, 0.5) is 4.39 Å². The Balaban J connectivity index is 2.63. The number of aromatic nitrogens is 1. The lowest BCUT2D eigenvalue weighted by Crippen LogP contribution is -1.94. The highest BCUT2D eigenvalue weighted by Crippen LogP contribution is 2.30. The van der Waals surface area contributed by atoms with Crippen molar-refractivity contribution in [2.45, 2.75) is 6.92 Å². The van der Waals surface area contributed by atoms with Crippen LogP contribution in [-0.4, -0.2) is 12.1 Å². The van der Waals surface area contributed by atoms with Crippen molar-refractivity contribution in [3.63, 3.8) is 0 Å². The lowest BCUT2D eigenvalue weighted by atomic mass is 10.1. The van der Waals surface area contributed by atoms with Gasteiger partial charge in [0.2, 0.25) is 5.88 Å². The van der Waals surface area contributed by atoms with E-state index in [9.17, 15) is 4.39 Å². The Labute approximate surface area is 93.7 Å². The zero-order valence-electron chi connectivity index (χ0n) is 9.20. The lowest BCUT2D eigenvalue weighted by molar-refractivity contribution is 0.399. The molecular formula is C13H12FNO. The van der Waals surface area contributed by atoms with E-state index in [1.165, 1.54) is 13.2 Å². The second kappa shape index (κ2) is 4.31. The second-order valence-electron chi connectivity index (χ2n) is 3.55. The average Bonchev–Trinajstić information content (AvgIpc) is 2.29. The van der Waals surface area contributed by atoms with Crippen LogP contribution in [0.5, 0.6) is 5.88 Å². The molecule has 2 aromatic rings. The number of methoxy groups -OCH3 is 1. The number of benzene rings is 1. The maximum Gasteiger partial charge on any atom is 0.221 e. The molecule has 0 N–H and O–H groups in total. The van der Waals surface area contributed by atoms with Gasteiger partial charge in [0.25, 0.3) is 0 Å². The number of halogens is 1.